The third-order valence-electron chi connectivity index (χ3n) is 3.83. The summed E-state index contributed by atoms with van der Waals surface area (Å²) in [7, 11) is 6.16. The number of carbonyl (C=O) groups excluding carboxylic acids is 1. The third-order valence-corrected chi connectivity index (χ3v) is 4.13. The molecular formula is C19H22ClFN2O4. The second kappa shape index (κ2) is 9.43. The fourth-order valence-electron chi connectivity index (χ4n) is 2.57. The van der Waals surface area contributed by atoms with Gasteiger partial charge in [-0.2, -0.15) is 0 Å². The number of hydrogen-bond donors (Lipinski definition) is 1. The molecule has 0 spiro atoms. The molecule has 6 nitrogen and oxygen atoms in total. The number of nitrogens with one attached hydrogen (secondary N) is 1. The Hall–Kier alpha value is -2.51. The molecule has 0 atom stereocenters. The van der Waals surface area contributed by atoms with Gasteiger partial charge in [-0.05, 0) is 30.8 Å². The Morgan fingerprint density at radius 1 is 1.07 bits per heavy atom. The number of rotatable bonds is 8. The molecule has 0 unspecified atom stereocenters. The Kier molecular flexibility index (Phi) is 7.27. The minimum absolute atomic E-state index is 0.0977. The van der Waals surface area contributed by atoms with Crippen molar-refractivity contribution in [2.45, 2.75) is 6.54 Å². The van der Waals surface area contributed by atoms with E-state index in [0.717, 1.165) is 5.56 Å². The summed E-state index contributed by atoms with van der Waals surface area (Å²) in [4.78, 5) is 14.1. The summed E-state index contributed by atoms with van der Waals surface area (Å²) in [6, 6.07) is 7.86. The summed E-state index contributed by atoms with van der Waals surface area (Å²) in [5.41, 5.74) is 1.17. The highest BCUT2D eigenvalue weighted by Crippen LogP contribution is 2.35. The molecule has 0 heterocycles. The summed E-state index contributed by atoms with van der Waals surface area (Å²) in [5.74, 6) is 0.369. The standard InChI is InChI=1S/C19H22ClFN2O4/c1-23(10-12-5-6-16(25-2)14(21)7-12)11-19(24)22-15-8-13(20)17(26-3)9-18(15)27-4/h5-9H,10-11H2,1-4H3,(H,22,24). The van der Waals surface area contributed by atoms with Gasteiger partial charge in [0.25, 0.3) is 0 Å². The van der Waals surface area contributed by atoms with Crippen LogP contribution in [0.2, 0.25) is 5.02 Å². The topological polar surface area (TPSA) is 60.0 Å². The van der Waals surface area contributed by atoms with E-state index in [1.807, 2.05) is 0 Å². The first-order valence-corrected chi connectivity index (χ1v) is 8.48. The van der Waals surface area contributed by atoms with Crippen LogP contribution in [0, 0.1) is 5.82 Å². The lowest BCUT2D eigenvalue weighted by Gasteiger charge is -2.18. The maximum absolute atomic E-state index is 13.8. The van der Waals surface area contributed by atoms with Crippen LogP contribution in [0.25, 0.3) is 0 Å². The van der Waals surface area contributed by atoms with Gasteiger partial charge in [-0.25, -0.2) is 4.39 Å². The fourth-order valence-corrected chi connectivity index (χ4v) is 2.81. The molecule has 0 aliphatic heterocycles. The van der Waals surface area contributed by atoms with E-state index in [4.69, 9.17) is 25.8 Å². The van der Waals surface area contributed by atoms with Crippen LogP contribution in [-0.4, -0.2) is 45.7 Å². The van der Waals surface area contributed by atoms with Gasteiger partial charge in [0.15, 0.2) is 11.6 Å². The summed E-state index contributed by atoms with van der Waals surface area (Å²) >= 11 is 6.11. The molecular weight excluding hydrogens is 375 g/mol. The summed E-state index contributed by atoms with van der Waals surface area (Å²) in [5, 5.41) is 3.12. The van der Waals surface area contributed by atoms with E-state index < -0.39 is 5.82 Å². The Labute approximate surface area is 162 Å². The maximum Gasteiger partial charge on any atom is 0.238 e. The van der Waals surface area contributed by atoms with E-state index in [1.165, 1.54) is 27.4 Å². The number of likely N-dealkylation sites (N-methyl/N-ethyl adjacent to an activating group) is 1. The van der Waals surface area contributed by atoms with Crippen LogP contribution in [-0.2, 0) is 11.3 Å². The lowest BCUT2D eigenvalue weighted by Crippen LogP contribution is -2.30. The van der Waals surface area contributed by atoms with E-state index in [2.05, 4.69) is 5.32 Å². The number of halogens is 2. The first-order chi connectivity index (χ1) is 12.9. The lowest BCUT2D eigenvalue weighted by atomic mass is 10.2. The zero-order valence-corrected chi connectivity index (χ0v) is 16.4. The molecule has 2 rings (SSSR count). The van der Waals surface area contributed by atoms with Crippen molar-refractivity contribution in [1.82, 2.24) is 4.90 Å². The number of anilines is 1. The molecule has 0 saturated carbocycles. The molecule has 0 aromatic heterocycles. The second-order valence-electron chi connectivity index (χ2n) is 5.88. The molecule has 1 N–H and O–H groups in total. The first kappa shape index (κ1) is 20.8. The molecule has 2 aromatic carbocycles. The minimum atomic E-state index is -0.439. The fraction of sp³-hybridized carbons (Fsp3) is 0.316. The molecule has 0 fully saturated rings. The predicted octanol–water partition coefficient (Wildman–Crippen LogP) is 3.58. The average molecular weight is 397 g/mol. The number of methoxy groups -OCH3 is 3. The van der Waals surface area contributed by atoms with Crippen LogP contribution in [0.15, 0.2) is 30.3 Å². The van der Waals surface area contributed by atoms with Crippen molar-refractivity contribution < 1.29 is 23.4 Å². The summed E-state index contributed by atoms with van der Waals surface area (Å²) < 4.78 is 29.1. The Morgan fingerprint density at radius 2 is 1.74 bits per heavy atom. The Morgan fingerprint density at radius 3 is 2.33 bits per heavy atom. The molecule has 146 valence electrons. The quantitative estimate of drug-likeness (QED) is 0.739. The van der Waals surface area contributed by atoms with E-state index in [0.29, 0.717) is 28.8 Å². The minimum Gasteiger partial charge on any atom is -0.495 e. The van der Waals surface area contributed by atoms with Crippen molar-refractivity contribution >= 4 is 23.2 Å². The molecule has 2 aromatic rings. The smallest absolute Gasteiger partial charge is 0.238 e. The van der Waals surface area contributed by atoms with Crippen molar-refractivity contribution in [2.75, 3.05) is 40.2 Å². The predicted molar refractivity (Wildman–Crippen MR) is 102 cm³/mol. The van der Waals surface area contributed by atoms with Gasteiger partial charge in [-0.1, -0.05) is 17.7 Å². The van der Waals surface area contributed by atoms with Crippen molar-refractivity contribution in [3.63, 3.8) is 0 Å². The molecule has 0 aliphatic carbocycles. The number of amides is 1. The van der Waals surface area contributed by atoms with Crippen LogP contribution >= 0.6 is 11.6 Å². The number of carbonyl (C=O) groups is 1. The zero-order chi connectivity index (χ0) is 20.0. The normalized spacial score (nSPS) is 10.6. The molecule has 0 aliphatic rings. The molecule has 27 heavy (non-hydrogen) atoms. The van der Waals surface area contributed by atoms with Crippen molar-refractivity contribution in [1.29, 1.82) is 0 Å². The van der Waals surface area contributed by atoms with Crippen LogP contribution in [0.4, 0.5) is 10.1 Å². The van der Waals surface area contributed by atoms with E-state index in [9.17, 15) is 9.18 Å². The summed E-state index contributed by atoms with van der Waals surface area (Å²) in [6.07, 6.45) is 0. The van der Waals surface area contributed by atoms with Gasteiger partial charge >= 0.3 is 0 Å². The van der Waals surface area contributed by atoms with Gasteiger partial charge < -0.3 is 19.5 Å². The molecule has 0 radical (unpaired) electrons. The maximum atomic E-state index is 13.8. The highest BCUT2D eigenvalue weighted by Gasteiger charge is 2.14. The van der Waals surface area contributed by atoms with E-state index >= 15 is 0 Å². The van der Waals surface area contributed by atoms with Gasteiger partial charge in [-0.15, -0.1) is 0 Å². The lowest BCUT2D eigenvalue weighted by molar-refractivity contribution is -0.117. The van der Waals surface area contributed by atoms with Crippen LogP contribution in [0.3, 0.4) is 0 Å². The zero-order valence-electron chi connectivity index (χ0n) is 15.6. The highest BCUT2D eigenvalue weighted by atomic mass is 35.5. The number of ether oxygens (including phenoxy) is 3. The average Bonchev–Trinajstić information content (AvgIpc) is 2.62. The largest absolute Gasteiger partial charge is 0.495 e. The van der Waals surface area contributed by atoms with Gasteiger partial charge in [-0.3, -0.25) is 9.69 Å². The van der Waals surface area contributed by atoms with Crippen LogP contribution in [0.1, 0.15) is 5.56 Å². The molecule has 0 bridgehead atoms. The van der Waals surface area contributed by atoms with Gasteiger partial charge in [0.05, 0.1) is 38.6 Å². The SMILES string of the molecule is COc1ccc(CN(C)CC(=O)Nc2cc(Cl)c(OC)cc2OC)cc1F. The van der Waals surface area contributed by atoms with Gasteiger partial charge in [0.2, 0.25) is 5.91 Å². The number of benzene rings is 2. The van der Waals surface area contributed by atoms with Crippen LogP contribution in [0.5, 0.6) is 17.2 Å². The van der Waals surface area contributed by atoms with Crippen molar-refractivity contribution in [2.24, 2.45) is 0 Å². The Balaban J connectivity index is 2.01. The van der Waals surface area contributed by atoms with Crippen molar-refractivity contribution in [3.05, 3.63) is 46.7 Å². The van der Waals surface area contributed by atoms with Gasteiger partial charge in [0.1, 0.15) is 11.5 Å². The molecule has 1 amide bonds. The van der Waals surface area contributed by atoms with Crippen LogP contribution < -0.4 is 19.5 Å². The highest BCUT2D eigenvalue weighted by molar-refractivity contribution is 6.32. The summed E-state index contributed by atoms with van der Waals surface area (Å²) in [6.45, 7) is 0.495. The Bertz CT molecular complexity index is 817. The number of hydrogen-bond acceptors (Lipinski definition) is 5. The monoisotopic (exact) mass is 396 g/mol. The first-order valence-electron chi connectivity index (χ1n) is 8.10. The number of nitrogens with zero attached hydrogens (tertiary/aromatic N) is 1. The van der Waals surface area contributed by atoms with Gasteiger partial charge in [0, 0.05) is 12.6 Å². The van der Waals surface area contributed by atoms with Crippen molar-refractivity contribution in [3.8, 4) is 17.2 Å². The molecule has 8 heteroatoms. The van der Waals surface area contributed by atoms with E-state index in [-0.39, 0.29) is 18.2 Å². The van der Waals surface area contributed by atoms with E-state index in [1.54, 1.807) is 36.2 Å². The molecule has 0 saturated heterocycles. The third kappa shape index (κ3) is 5.48. The second-order valence-corrected chi connectivity index (χ2v) is 6.28.